The van der Waals surface area contributed by atoms with Gasteiger partial charge in [-0.1, -0.05) is 99.0 Å². The van der Waals surface area contributed by atoms with Gasteiger partial charge in [0.1, 0.15) is 22.0 Å². The van der Waals surface area contributed by atoms with E-state index in [9.17, 15) is 5.26 Å². The Morgan fingerprint density at radius 2 is 0.957 bits per heavy atom. The Labute approximate surface area is 272 Å². The van der Waals surface area contributed by atoms with E-state index in [2.05, 4.69) is 151 Å². The maximum atomic E-state index is 10.2. The number of hydrogen-bond donors (Lipinski definition) is 0. The number of pyridine rings is 1. The lowest BCUT2D eigenvalue weighted by Crippen LogP contribution is -2.58. The number of benzene rings is 5. The lowest BCUT2D eigenvalue weighted by atomic mass is 9.98. The number of nitriles is 1. The Hall–Kier alpha value is -5.23. The Balaban J connectivity index is 1.42. The highest BCUT2D eigenvalue weighted by molar-refractivity contribution is 7.03. The minimum atomic E-state index is -1.97. The number of nitrogens with zero attached hydrogens (tertiary/aromatic N) is 4. The zero-order chi connectivity index (χ0) is 31.6. The fourth-order valence-corrected chi connectivity index (χ4v) is 13.6. The van der Waals surface area contributed by atoms with Crippen LogP contribution in [0.3, 0.4) is 0 Å². The smallest absolute Gasteiger partial charge is 0.145 e. The van der Waals surface area contributed by atoms with Crippen molar-refractivity contribution in [3.63, 3.8) is 0 Å². The Morgan fingerprint density at radius 1 is 0.500 bits per heavy atom. The lowest BCUT2D eigenvalue weighted by Gasteiger charge is -2.42. The number of para-hydroxylation sites is 4. The highest BCUT2D eigenvalue weighted by Crippen LogP contribution is 2.47. The first kappa shape index (κ1) is 28.3. The second kappa shape index (κ2) is 10.4. The van der Waals surface area contributed by atoms with Gasteiger partial charge < -0.3 is 4.90 Å². The molecule has 0 amide bonds. The zero-order valence-corrected chi connectivity index (χ0v) is 28.5. The molecule has 46 heavy (non-hydrogen) atoms. The quantitative estimate of drug-likeness (QED) is 0.188. The standard InChI is InChI=1S/C40H34N4Si2/c1-45(2)36-19-9-5-15-32(36)43(33-16-6-10-20-37(33)45)31-24-23-28(27-41)26-30(31)29-14-13-25-42-40(29)44-34-17-7-11-21-38(34)46(3,4)39-22-12-8-18-35(39)44/h5-26H,1-4H3. The van der Waals surface area contributed by atoms with Gasteiger partial charge in [0.05, 0.1) is 17.3 Å². The molecular formula is C40H34N4Si2. The van der Waals surface area contributed by atoms with Crippen molar-refractivity contribution >= 4 is 71.1 Å². The summed E-state index contributed by atoms with van der Waals surface area (Å²) in [7, 11) is -3.93. The van der Waals surface area contributed by atoms with Crippen LogP contribution < -0.4 is 30.5 Å². The molecule has 0 unspecified atom stereocenters. The van der Waals surface area contributed by atoms with Gasteiger partial charge in [-0.25, -0.2) is 4.98 Å². The van der Waals surface area contributed by atoms with Crippen molar-refractivity contribution in [2.45, 2.75) is 26.2 Å². The second-order valence-corrected chi connectivity index (χ2v) is 21.9. The molecule has 0 saturated carbocycles. The van der Waals surface area contributed by atoms with E-state index in [0.29, 0.717) is 5.56 Å². The van der Waals surface area contributed by atoms with Crippen molar-refractivity contribution in [1.82, 2.24) is 4.98 Å². The molecule has 0 spiro atoms. The van der Waals surface area contributed by atoms with Crippen LogP contribution >= 0.6 is 0 Å². The SMILES string of the molecule is C[Si]1(C)c2ccccc2N(c2ccc(C#N)cc2-c2cccnc2N2c3ccccc3[Si](C)(C)c3ccccc32)c2ccccc21. The van der Waals surface area contributed by atoms with Gasteiger partial charge >= 0.3 is 0 Å². The van der Waals surface area contributed by atoms with Crippen LogP contribution in [0.25, 0.3) is 11.1 Å². The van der Waals surface area contributed by atoms with Crippen molar-refractivity contribution in [2.75, 3.05) is 9.80 Å². The predicted octanol–water partition coefficient (Wildman–Crippen LogP) is 7.83. The van der Waals surface area contributed by atoms with Crippen LogP contribution in [-0.2, 0) is 0 Å². The van der Waals surface area contributed by atoms with Gasteiger partial charge in [-0.15, -0.1) is 0 Å². The summed E-state index contributed by atoms with van der Waals surface area (Å²) < 4.78 is 0. The molecule has 5 aromatic carbocycles. The molecule has 0 N–H and O–H groups in total. The zero-order valence-electron chi connectivity index (χ0n) is 26.5. The maximum absolute atomic E-state index is 10.2. The van der Waals surface area contributed by atoms with Crippen molar-refractivity contribution in [3.8, 4) is 17.2 Å². The van der Waals surface area contributed by atoms with Crippen LogP contribution in [0.4, 0.5) is 34.3 Å². The molecule has 6 aromatic rings. The van der Waals surface area contributed by atoms with Crippen molar-refractivity contribution < 1.29 is 0 Å². The minimum absolute atomic E-state index is 0.620. The van der Waals surface area contributed by atoms with Gasteiger partial charge in [-0.3, -0.25) is 4.90 Å². The Kier molecular flexibility index (Phi) is 6.40. The highest BCUT2D eigenvalue weighted by atomic mass is 28.3. The summed E-state index contributed by atoms with van der Waals surface area (Å²) in [4.78, 5) is 9.87. The summed E-state index contributed by atoms with van der Waals surface area (Å²) in [5, 5.41) is 15.7. The first-order valence-corrected chi connectivity index (χ1v) is 21.8. The van der Waals surface area contributed by atoms with Gasteiger partial charge in [0.25, 0.3) is 0 Å². The van der Waals surface area contributed by atoms with E-state index in [1.54, 1.807) is 0 Å². The number of rotatable bonds is 3. The molecule has 0 fully saturated rings. The molecule has 0 saturated heterocycles. The molecule has 2 aliphatic heterocycles. The van der Waals surface area contributed by atoms with E-state index < -0.39 is 16.1 Å². The molecule has 3 heterocycles. The summed E-state index contributed by atoms with van der Waals surface area (Å²) >= 11 is 0. The molecular weight excluding hydrogens is 593 g/mol. The normalized spacial score (nSPS) is 15.2. The number of anilines is 6. The predicted molar refractivity (Wildman–Crippen MR) is 197 cm³/mol. The number of aromatic nitrogens is 1. The number of fused-ring (bicyclic) bond motifs is 4. The summed E-state index contributed by atoms with van der Waals surface area (Å²) in [6.45, 7) is 9.76. The maximum Gasteiger partial charge on any atom is 0.145 e. The third-order valence-corrected chi connectivity index (χ3v) is 17.0. The monoisotopic (exact) mass is 626 g/mol. The molecule has 0 radical (unpaired) electrons. The average Bonchev–Trinajstić information content (AvgIpc) is 3.09. The van der Waals surface area contributed by atoms with E-state index in [0.717, 1.165) is 22.6 Å². The third kappa shape index (κ3) is 4.06. The van der Waals surface area contributed by atoms with Crippen molar-refractivity contribution in [3.05, 3.63) is 139 Å². The summed E-state index contributed by atoms with van der Waals surface area (Å²) in [5.41, 5.74) is 8.38. The second-order valence-electron chi connectivity index (χ2n) is 13.2. The Morgan fingerprint density at radius 3 is 1.43 bits per heavy atom. The number of hydrogen-bond acceptors (Lipinski definition) is 4. The topological polar surface area (TPSA) is 43.2 Å². The van der Waals surface area contributed by atoms with Gasteiger partial charge in [-0.05, 0) is 75.3 Å². The van der Waals surface area contributed by atoms with E-state index in [1.165, 1.54) is 43.5 Å². The van der Waals surface area contributed by atoms with Gasteiger partial charge in [0, 0.05) is 40.1 Å². The molecule has 8 rings (SSSR count). The van der Waals surface area contributed by atoms with Gasteiger partial charge in [-0.2, -0.15) is 5.26 Å². The van der Waals surface area contributed by atoms with Crippen LogP contribution in [0, 0.1) is 11.3 Å². The molecule has 0 atom stereocenters. The van der Waals surface area contributed by atoms with Crippen LogP contribution in [0.2, 0.25) is 26.2 Å². The molecule has 6 heteroatoms. The summed E-state index contributed by atoms with van der Waals surface area (Å²) in [5.74, 6) is 0.858. The van der Waals surface area contributed by atoms with Crippen LogP contribution in [0.1, 0.15) is 5.56 Å². The molecule has 0 aliphatic carbocycles. The molecule has 2 aliphatic rings. The third-order valence-electron chi connectivity index (χ3n) is 9.93. The first-order chi connectivity index (χ1) is 22.3. The fourth-order valence-electron chi connectivity index (χ4n) is 7.63. The van der Waals surface area contributed by atoms with Crippen LogP contribution in [0.5, 0.6) is 0 Å². The average molecular weight is 627 g/mol. The molecule has 222 valence electrons. The fraction of sp³-hybridized carbons (Fsp3) is 0.100. The van der Waals surface area contributed by atoms with Gasteiger partial charge in [0.2, 0.25) is 0 Å². The van der Waals surface area contributed by atoms with E-state index >= 15 is 0 Å². The van der Waals surface area contributed by atoms with Crippen molar-refractivity contribution in [1.29, 1.82) is 5.26 Å². The van der Waals surface area contributed by atoms with Crippen LogP contribution in [-0.4, -0.2) is 21.1 Å². The van der Waals surface area contributed by atoms with E-state index in [-0.39, 0.29) is 0 Å². The lowest BCUT2D eigenvalue weighted by molar-refractivity contribution is 1.18. The van der Waals surface area contributed by atoms with Crippen LogP contribution in [0.15, 0.2) is 134 Å². The molecule has 4 nitrogen and oxygen atoms in total. The van der Waals surface area contributed by atoms with E-state index in [1.807, 2.05) is 24.4 Å². The highest BCUT2D eigenvalue weighted by Gasteiger charge is 2.41. The van der Waals surface area contributed by atoms with E-state index in [4.69, 9.17) is 4.98 Å². The molecule has 1 aromatic heterocycles. The van der Waals surface area contributed by atoms with Gasteiger partial charge in [0.15, 0.2) is 0 Å². The minimum Gasteiger partial charge on any atom is -0.310 e. The first-order valence-electron chi connectivity index (χ1n) is 15.8. The largest absolute Gasteiger partial charge is 0.310 e. The summed E-state index contributed by atoms with van der Waals surface area (Å²) in [6.07, 6.45) is 1.88. The Bertz CT molecular complexity index is 2120. The summed E-state index contributed by atoms with van der Waals surface area (Å²) in [6, 6.07) is 48.0. The molecule has 0 bridgehead atoms. The van der Waals surface area contributed by atoms with Crippen molar-refractivity contribution in [2.24, 2.45) is 0 Å².